The van der Waals surface area contributed by atoms with Crippen molar-refractivity contribution in [1.82, 2.24) is 9.55 Å². The van der Waals surface area contributed by atoms with Crippen molar-refractivity contribution >= 4 is 44.4 Å². The highest BCUT2D eigenvalue weighted by atomic mass is 32.2. The normalized spacial score (nSPS) is 16.4. The Hall–Kier alpha value is -2.36. The summed E-state index contributed by atoms with van der Waals surface area (Å²) in [5.41, 5.74) is 3.53. The number of carbonyl (C=O) groups excluding carboxylic acids is 1. The Morgan fingerprint density at radius 2 is 2.03 bits per heavy atom. The molecule has 2 N–H and O–H groups in total. The standard InChI is InChI=1S/C20H22N4O3S2/c1-3-23-18-9-8-15(29(21,26)27)11-16(18)22-20(23)28-12-19(25)24-13(2)10-14-6-4-5-7-17(14)24/h4-9,11,13H,3,10,12H2,1-2H3,(H2,21,26,27). The van der Waals surface area contributed by atoms with Crippen LogP contribution in [0.2, 0.25) is 0 Å². The predicted octanol–water partition coefficient (Wildman–Crippen LogP) is 2.77. The van der Waals surface area contributed by atoms with Gasteiger partial charge in [0.05, 0.1) is 21.7 Å². The molecule has 0 spiro atoms. The lowest BCUT2D eigenvalue weighted by Crippen LogP contribution is -2.37. The molecule has 0 bridgehead atoms. The van der Waals surface area contributed by atoms with Gasteiger partial charge >= 0.3 is 0 Å². The number of hydrogen-bond acceptors (Lipinski definition) is 5. The van der Waals surface area contributed by atoms with E-state index in [1.807, 2.05) is 34.6 Å². The van der Waals surface area contributed by atoms with Crippen molar-refractivity contribution in [3.8, 4) is 0 Å². The van der Waals surface area contributed by atoms with Gasteiger partial charge in [-0.05, 0) is 50.1 Å². The molecule has 9 heteroatoms. The smallest absolute Gasteiger partial charge is 0.238 e. The van der Waals surface area contributed by atoms with Gasteiger partial charge in [0, 0.05) is 18.3 Å². The number of aromatic nitrogens is 2. The predicted molar refractivity (Wildman–Crippen MR) is 115 cm³/mol. The molecule has 0 saturated carbocycles. The first-order valence-electron chi connectivity index (χ1n) is 9.35. The first-order valence-corrected chi connectivity index (χ1v) is 11.9. The first kappa shape index (κ1) is 19.9. The fourth-order valence-electron chi connectivity index (χ4n) is 3.82. The number of amides is 1. The molecule has 4 rings (SSSR count). The molecule has 1 aliphatic heterocycles. The summed E-state index contributed by atoms with van der Waals surface area (Å²) < 4.78 is 25.2. The van der Waals surface area contributed by atoms with E-state index in [1.165, 1.54) is 29.5 Å². The van der Waals surface area contributed by atoms with Gasteiger partial charge in [-0.15, -0.1) is 0 Å². The highest BCUT2D eigenvalue weighted by molar-refractivity contribution is 7.99. The first-order chi connectivity index (χ1) is 13.8. The van der Waals surface area contributed by atoms with Crippen LogP contribution in [0.25, 0.3) is 11.0 Å². The summed E-state index contributed by atoms with van der Waals surface area (Å²) in [5.74, 6) is 0.289. The largest absolute Gasteiger partial charge is 0.319 e. The molecule has 0 aliphatic carbocycles. The van der Waals surface area contributed by atoms with Gasteiger partial charge in [-0.25, -0.2) is 18.5 Å². The zero-order valence-electron chi connectivity index (χ0n) is 16.2. The Labute approximate surface area is 174 Å². The molecule has 1 aliphatic rings. The fraction of sp³-hybridized carbons (Fsp3) is 0.300. The van der Waals surface area contributed by atoms with Crippen molar-refractivity contribution in [2.75, 3.05) is 10.7 Å². The lowest BCUT2D eigenvalue weighted by atomic mass is 10.1. The van der Waals surface area contributed by atoms with Gasteiger partial charge < -0.3 is 9.47 Å². The van der Waals surface area contributed by atoms with Crippen LogP contribution in [0.5, 0.6) is 0 Å². The van der Waals surface area contributed by atoms with E-state index >= 15 is 0 Å². The zero-order valence-corrected chi connectivity index (χ0v) is 17.8. The van der Waals surface area contributed by atoms with Crippen LogP contribution in [-0.2, 0) is 27.8 Å². The summed E-state index contributed by atoms with van der Waals surface area (Å²) in [4.78, 5) is 19.4. The molecule has 1 atom stereocenters. The number of anilines is 1. The number of nitrogens with zero attached hydrogens (tertiary/aromatic N) is 3. The van der Waals surface area contributed by atoms with Gasteiger partial charge in [0.2, 0.25) is 15.9 Å². The molecule has 0 radical (unpaired) electrons. The number of rotatable bonds is 5. The van der Waals surface area contributed by atoms with E-state index in [0.29, 0.717) is 17.2 Å². The highest BCUT2D eigenvalue weighted by Crippen LogP contribution is 2.33. The number of aryl methyl sites for hydroxylation is 1. The van der Waals surface area contributed by atoms with E-state index in [2.05, 4.69) is 18.0 Å². The molecule has 1 unspecified atom stereocenters. The molecule has 0 saturated heterocycles. The molecule has 3 aromatic rings. The van der Waals surface area contributed by atoms with Crippen molar-refractivity contribution < 1.29 is 13.2 Å². The Morgan fingerprint density at radius 3 is 2.76 bits per heavy atom. The molecular formula is C20H22N4O3S2. The Bertz CT molecular complexity index is 1200. The lowest BCUT2D eigenvalue weighted by molar-refractivity contribution is -0.116. The Kier molecular flexibility index (Phi) is 5.14. The summed E-state index contributed by atoms with van der Waals surface area (Å²) in [6, 6.07) is 12.8. The van der Waals surface area contributed by atoms with Crippen LogP contribution in [0.1, 0.15) is 19.4 Å². The second kappa shape index (κ2) is 7.47. The van der Waals surface area contributed by atoms with Gasteiger partial charge in [0.1, 0.15) is 0 Å². The van der Waals surface area contributed by atoms with Gasteiger partial charge in [0.15, 0.2) is 5.16 Å². The van der Waals surface area contributed by atoms with Gasteiger partial charge in [-0.3, -0.25) is 4.79 Å². The van der Waals surface area contributed by atoms with E-state index < -0.39 is 10.0 Å². The van der Waals surface area contributed by atoms with Gasteiger partial charge in [-0.1, -0.05) is 30.0 Å². The van der Waals surface area contributed by atoms with Crippen LogP contribution in [0.4, 0.5) is 5.69 Å². The summed E-state index contributed by atoms with van der Waals surface area (Å²) in [7, 11) is -3.79. The fourth-order valence-corrected chi connectivity index (χ4v) is 5.29. The van der Waals surface area contributed by atoms with E-state index in [4.69, 9.17) is 5.14 Å². The number of fused-ring (bicyclic) bond motifs is 2. The monoisotopic (exact) mass is 430 g/mol. The molecule has 2 aromatic carbocycles. The number of sulfonamides is 1. The molecular weight excluding hydrogens is 408 g/mol. The lowest BCUT2D eigenvalue weighted by Gasteiger charge is -2.22. The minimum absolute atomic E-state index is 0.0286. The van der Waals surface area contributed by atoms with Crippen LogP contribution < -0.4 is 10.0 Å². The SMILES string of the molecule is CCn1c(SCC(=O)N2c3ccccc3CC2C)nc2cc(S(N)(=O)=O)ccc21. The summed E-state index contributed by atoms with van der Waals surface area (Å²) in [6.45, 7) is 4.70. The number of para-hydroxylation sites is 1. The molecule has 152 valence electrons. The van der Waals surface area contributed by atoms with E-state index in [0.717, 1.165) is 17.6 Å². The topological polar surface area (TPSA) is 98.3 Å². The maximum Gasteiger partial charge on any atom is 0.238 e. The van der Waals surface area contributed by atoms with Crippen molar-refractivity contribution in [3.63, 3.8) is 0 Å². The van der Waals surface area contributed by atoms with Crippen molar-refractivity contribution in [3.05, 3.63) is 48.0 Å². The van der Waals surface area contributed by atoms with Crippen LogP contribution >= 0.6 is 11.8 Å². The molecule has 1 amide bonds. The number of primary sulfonamides is 1. The number of hydrogen-bond donors (Lipinski definition) is 1. The maximum atomic E-state index is 13.0. The third-order valence-corrected chi connectivity index (χ3v) is 7.00. The molecule has 1 aromatic heterocycles. The van der Waals surface area contributed by atoms with Gasteiger partial charge in [0.25, 0.3) is 0 Å². The summed E-state index contributed by atoms with van der Waals surface area (Å²) >= 11 is 1.36. The summed E-state index contributed by atoms with van der Waals surface area (Å²) in [6.07, 6.45) is 0.858. The second-order valence-corrected chi connectivity index (χ2v) is 9.57. The van der Waals surface area contributed by atoms with Crippen LogP contribution in [0, 0.1) is 0 Å². The van der Waals surface area contributed by atoms with Crippen molar-refractivity contribution in [2.24, 2.45) is 5.14 Å². The molecule has 2 heterocycles. The van der Waals surface area contributed by atoms with E-state index in [1.54, 1.807) is 6.07 Å². The average molecular weight is 431 g/mol. The maximum absolute atomic E-state index is 13.0. The van der Waals surface area contributed by atoms with Crippen LogP contribution in [0.15, 0.2) is 52.5 Å². The van der Waals surface area contributed by atoms with Gasteiger partial charge in [-0.2, -0.15) is 0 Å². The molecule has 29 heavy (non-hydrogen) atoms. The van der Waals surface area contributed by atoms with Crippen LogP contribution in [0.3, 0.4) is 0 Å². The average Bonchev–Trinajstić information content (AvgIpc) is 3.20. The quantitative estimate of drug-likeness (QED) is 0.628. The third-order valence-electron chi connectivity index (χ3n) is 5.13. The zero-order chi connectivity index (χ0) is 20.8. The number of imidazole rings is 1. The number of nitrogens with two attached hydrogens (primary N) is 1. The number of thioether (sulfide) groups is 1. The Balaban J connectivity index is 1.59. The van der Waals surface area contributed by atoms with Crippen molar-refractivity contribution in [1.29, 1.82) is 0 Å². The molecule has 0 fully saturated rings. The summed E-state index contributed by atoms with van der Waals surface area (Å²) in [5, 5.41) is 5.91. The second-order valence-electron chi connectivity index (χ2n) is 7.07. The van der Waals surface area contributed by atoms with Crippen molar-refractivity contribution in [2.45, 2.75) is 42.9 Å². The minimum Gasteiger partial charge on any atom is -0.319 e. The van der Waals surface area contributed by atoms with E-state index in [9.17, 15) is 13.2 Å². The van der Waals surface area contributed by atoms with E-state index in [-0.39, 0.29) is 22.6 Å². The highest BCUT2D eigenvalue weighted by Gasteiger charge is 2.30. The third kappa shape index (κ3) is 3.65. The number of carbonyl (C=O) groups is 1. The molecule has 7 nitrogen and oxygen atoms in total. The number of benzene rings is 2. The minimum atomic E-state index is -3.79. The Morgan fingerprint density at radius 1 is 1.28 bits per heavy atom. The van der Waals surface area contributed by atoms with Crippen LogP contribution in [-0.4, -0.2) is 35.7 Å².